The number of hydrogen-bond donors (Lipinski definition) is 1. The molecule has 0 aliphatic carbocycles. The second-order valence-electron chi connectivity index (χ2n) is 5.21. The molecule has 2 rings (SSSR count). The van der Waals surface area contributed by atoms with E-state index in [0.29, 0.717) is 0 Å². The van der Waals surface area contributed by atoms with Crippen LogP contribution in [0.25, 0.3) is 0 Å². The van der Waals surface area contributed by atoms with E-state index in [1.165, 1.54) is 19.4 Å². The molecule has 1 aliphatic heterocycles. The minimum atomic E-state index is 0.740. The average molecular weight is 263 g/mol. The number of pyridine rings is 1. The number of ether oxygens (including phenoxy) is 1. The summed E-state index contributed by atoms with van der Waals surface area (Å²) in [5.74, 6) is 2.62. The molecule has 1 aromatic rings. The van der Waals surface area contributed by atoms with E-state index >= 15 is 0 Å². The molecule has 1 fully saturated rings. The fourth-order valence-corrected chi connectivity index (χ4v) is 2.64. The van der Waals surface area contributed by atoms with E-state index in [1.54, 1.807) is 13.3 Å². The fraction of sp³-hybridized carbons (Fsp3) is 0.667. The molecule has 1 N–H and O–H groups in total. The van der Waals surface area contributed by atoms with Crippen molar-refractivity contribution in [1.29, 1.82) is 0 Å². The van der Waals surface area contributed by atoms with Crippen LogP contribution < -0.4 is 15.0 Å². The van der Waals surface area contributed by atoms with Gasteiger partial charge in [0.2, 0.25) is 0 Å². The van der Waals surface area contributed by atoms with Gasteiger partial charge in [-0.25, -0.2) is 4.98 Å². The number of methoxy groups -OCH3 is 1. The predicted molar refractivity (Wildman–Crippen MR) is 78.9 cm³/mol. The number of hydrogen-bond acceptors (Lipinski definition) is 4. The van der Waals surface area contributed by atoms with Gasteiger partial charge in [-0.05, 0) is 50.4 Å². The third-order valence-corrected chi connectivity index (χ3v) is 3.65. The summed E-state index contributed by atoms with van der Waals surface area (Å²) >= 11 is 0. The smallest absolute Gasteiger partial charge is 0.137 e. The monoisotopic (exact) mass is 263 g/mol. The zero-order valence-electron chi connectivity index (χ0n) is 12.1. The Morgan fingerprint density at radius 1 is 1.47 bits per heavy atom. The van der Waals surface area contributed by atoms with Crippen LogP contribution in [0, 0.1) is 5.92 Å². The highest BCUT2D eigenvalue weighted by Crippen LogP contribution is 2.19. The molecule has 0 radical (unpaired) electrons. The molecule has 0 amide bonds. The third-order valence-electron chi connectivity index (χ3n) is 3.65. The predicted octanol–water partition coefficient (Wildman–Crippen LogP) is 2.31. The van der Waals surface area contributed by atoms with Gasteiger partial charge in [0.25, 0.3) is 0 Å². The SMILES string of the molecule is CCCN(CC1CCCNC1)c1ccc(OC)cn1. The van der Waals surface area contributed by atoms with Crippen LogP contribution in [0.15, 0.2) is 18.3 Å². The van der Waals surface area contributed by atoms with E-state index in [1.807, 2.05) is 6.07 Å². The lowest BCUT2D eigenvalue weighted by Gasteiger charge is -2.30. The molecule has 0 bridgehead atoms. The van der Waals surface area contributed by atoms with Gasteiger partial charge in [0.15, 0.2) is 0 Å². The van der Waals surface area contributed by atoms with Gasteiger partial charge in [0.1, 0.15) is 11.6 Å². The Bertz CT molecular complexity index is 360. The maximum Gasteiger partial charge on any atom is 0.137 e. The van der Waals surface area contributed by atoms with Gasteiger partial charge in [-0.1, -0.05) is 6.92 Å². The van der Waals surface area contributed by atoms with E-state index in [-0.39, 0.29) is 0 Å². The van der Waals surface area contributed by atoms with Crippen molar-refractivity contribution in [3.63, 3.8) is 0 Å². The Morgan fingerprint density at radius 2 is 2.37 bits per heavy atom. The molecule has 0 spiro atoms. The highest BCUT2D eigenvalue weighted by molar-refractivity contribution is 5.40. The normalized spacial score (nSPS) is 19.2. The number of nitrogens with one attached hydrogen (secondary N) is 1. The largest absolute Gasteiger partial charge is 0.495 e. The van der Waals surface area contributed by atoms with Crippen LogP contribution in [0.1, 0.15) is 26.2 Å². The molecule has 1 aromatic heterocycles. The molecule has 1 unspecified atom stereocenters. The quantitative estimate of drug-likeness (QED) is 0.854. The molecule has 4 heteroatoms. The van der Waals surface area contributed by atoms with Crippen LogP contribution in [0.3, 0.4) is 0 Å². The molecule has 19 heavy (non-hydrogen) atoms. The Balaban J connectivity index is 2.00. The van der Waals surface area contributed by atoms with Gasteiger partial charge in [-0.2, -0.15) is 0 Å². The van der Waals surface area contributed by atoms with E-state index in [4.69, 9.17) is 4.74 Å². The molecule has 1 aliphatic rings. The van der Waals surface area contributed by atoms with Crippen molar-refractivity contribution in [1.82, 2.24) is 10.3 Å². The van der Waals surface area contributed by atoms with Crippen molar-refractivity contribution in [2.75, 3.05) is 38.2 Å². The Labute approximate surface area is 116 Å². The zero-order valence-corrected chi connectivity index (χ0v) is 12.1. The molecule has 2 heterocycles. The van der Waals surface area contributed by atoms with Crippen LogP contribution >= 0.6 is 0 Å². The van der Waals surface area contributed by atoms with Crippen LogP contribution in [0.5, 0.6) is 5.75 Å². The first kappa shape index (κ1) is 14.1. The van der Waals surface area contributed by atoms with E-state index in [0.717, 1.165) is 43.5 Å². The first-order valence-corrected chi connectivity index (χ1v) is 7.29. The van der Waals surface area contributed by atoms with Crippen molar-refractivity contribution in [3.05, 3.63) is 18.3 Å². The van der Waals surface area contributed by atoms with Crippen molar-refractivity contribution in [3.8, 4) is 5.75 Å². The van der Waals surface area contributed by atoms with Crippen LogP contribution in [0.2, 0.25) is 0 Å². The Kier molecular flexibility index (Phi) is 5.45. The molecule has 0 saturated carbocycles. The van der Waals surface area contributed by atoms with Gasteiger partial charge in [0, 0.05) is 13.1 Å². The Hall–Kier alpha value is -1.29. The zero-order chi connectivity index (χ0) is 13.5. The summed E-state index contributed by atoms with van der Waals surface area (Å²) in [7, 11) is 1.67. The number of nitrogens with zero attached hydrogens (tertiary/aromatic N) is 2. The summed E-state index contributed by atoms with van der Waals surface area (Å²) in [6.45, 7) is 6.69. The Morgan fingerprint density at radius 3 is 2.95 bits per heavy atom. The van der Waals surface area contributed by atoms with E-state index in [9.17, 15) is 0 Å². The summed E-state index contributed by atoms with van der Waals surface area (Å²) < 4.78 is 5.17. The highest BCUT2D eigenvalue weighted by Gasteiger charge is 2.17. The summed E-state index contributed by atoms with van der Waals surface area (Å²) in [6.07, 6.45) is 5.56. The van der Waals surface area contributed by atoms with Crippen LogP contribution in [-0.2, 0) is 0 Å². The fourth-order valence-electron chi connectivity index (χ4n) is 2.64. The molecule has 1 saturated heterocycles. The van der Waals surface area contributed by atoms with Crippen LogP contribution in [0.4, 0.5) is 5.82 Å². The van der Waals surface area contributed by atoms with Gasteiger partial charge in [-0.3, -0.25) is 0 Å². The lowest BCUT2D eigenvalue weighted by Crippen LogP contribution is -2.39. The average Bonchev–Trinajstić information content (AvgIpc) is 2.48. The standard InChI is InChI=1S/C15H25N3O/c1-3-9-18(12-13-5-4-8-16-10-13)15-7-6-14(19-2)11-17-15/h6-7,11,13,16H,3-5,8-10,12H2,1-2H3. The molecule has 106 valence electrons. The number of anilines is 1. The molecular weight excluding hydrogens is 238 g/mol. The van der Waals surface area contributed by atoms with E-state index in [2.05, 4.69) is 28.2 Å². The molecule has 0 aromatic carbocycles. The summed E-state index contributed by atoms with van der Waals surface area (Å²) in [5, 5.41) is 3.48. The molecule has 1 atom stereocenters. The number of aromatic nitrogens is 1. The topological polar surface area (TPSA) is 37.4 Å². The van der Waals surface area contributed by atoms with Crippen molar-refractivity contribution >= 4 is 5.82 Å². The molecule has 4 nitrogen and oxygen atoms in total. The maximum absolute atomic E-state index is 5.17. The number of rotatable bonds is 6. The highest BCUT2D eigenvalue weighted by atomic mass is 16.5. The summed E-state index contributed by atoms with van der Waals surface area (Å²) in [5.41, 5.74) is 0. The van der Waals surface area contributed by atoms with Gasteiger partial charge < -0.3 is 15.0 Å². The maximum atomic E-state index is 5.17. The summed E-state index contributed by atoms with van der Waals surface area (Å²) in [4.78, 5) is 6.91. The van der Waals surface area contributed by atoms with Crippen molar-refractivity contribution < 1.29 is 4.74 Å². The minimum absolute atomic E-state index is 0.740. The van der Waals surface area contributed by atoms with Crippen molar-refractivity contribution in [2.24, 2.45) is 5.92 Å². The minimum Gasteiger partial charge on any atom is -0.495 e. The van der Waals surface area contributed by atoms with Gasteiger partial charge >= 0.3 is 0 Å². The first-order chi connectivity index (χ1) is 9.33. The van der Waals surface area contributed by atoms with Crippen molar-refractivity contribution in [2.45, 2.75) is 26.2 Å². The molecular formula is C15H25N3O. The van der Waals surface area contributed by atoms with Crippen LogP contribution in [-0.4, -0.2) is 38.3 Å². The second kappa shape index (κ2) is 7.34. The first-order valence-electron chi connectivity index (χ1n) is 7.29. The lowest BCUT2D eigenvalue weighted by molar-refractivity contribution is 0.375. The van der Waals surface area contributed by atoms with Gasteiger partial charge in [-0.15, -0.1) is 0 Å². The third kappa shape index (κ3) is 4.10. The number of piperidine rings is 1. The summed E-state index contributed by atoms with van der Waals surface area (Å²) in [6, 6.07) is 4.05. The second-order valence-corrected chi connectivity index (χ2v) is 5.21. The lowest BCUT2D eigenvalue weighted by atomic mass is 9.99. The van der Waals surface area contributed by atoms with E-state index < -0.39 is 0 Å². The van der Waals surface area contributed by atoms with Gasteiger partial charge in [0.05, 0.1) is 13.3 Å².